The number of carbonyl (C=O) groups is 1. The molecular formula is C18H37IN4O. The maximum absolute atomic E-state index is 11.6. The van der Waals surface area contributed by atoms with Gasteiger partial charge in [-0.15, -0.1) is 24.0 Å². The van der Waals surface area contributed by atoms with Gasteiger partial charge in [0.15, 0.2) is 5.96 Å². The summed E-state index contributed by atoms with van der Waals surface area (Å²) >= 11 is 0. The van der Waals surface area contributed by atoms with E-state index >= 15 is 0 Å². The molecule has 3 N–H and O–H groups in total. The molecule has 1 saturated carbocycles. The highest BCUT2D eigenvalue weighted by molar-refractivity contribution is 14.0. The number of hydrogen-bond acceptors (Lipinski definition) is 2. The lowest BCUT2D eigenvalue weighted by Crippen LogP contribution is -2.41. The van der Waals surface area contributed by atoms with Crippen LogP contribution >= 0.6 is 24.0 Å². The van der Waals surface area contributed by atoms with Crippen LogP contribution < -0.4 is 16.0 Å². The van der Waals surface area contributed by atoms with Gasteiger partial charge < -0.3 is 16.0 Å². The first kappa shape index (κ1) is 23.5. The largest absolute Gasteiger partial charge is 0.357 e. The molecule has 0 spiro atoms. The van der Waals surface area contributed by atoms with Crippen LogP contribution in [-0.2, 0) is 4.79 Å². The molecule has 1 amide bonds. The first-order valence-corrected chi connectivity index (χ1v) is 9.30. The highest BCUT2D eigenvalue weighted by Gasteiger charge is 2.37. The van der Waals surface area contributed by atoms with Gasteiger partial charge in [-0.2, -0.15) is 0 Å². The van der Waals surface area contributed by atoms with Crippen LogP contribution in [0.5, 0.6) is 0 Å². The summed E-state index contributed by atoms with van der Waals surface area (Å²) in [7, 11) is 0. The van der Waals surface area contributed by atoms with Crippen molar-refractivity contribution in [3.63, 3.8) is 0 Å². The standard InChI is InChI=1S/C18H36N4O.HI/c1-5-11-20-16(23)8-12-21-17(19-6-2)22-14-18(9-7-10-18)13-15(3)4;/h15H,5-14H2,1-4H3,(H,20,23)(H2,19,21,22);1H. The van der Waals surface area contributed by atoms with Gasteiger partial charge >= 0.3 is 0 Å². The summed E-state index contributed by atoms with van der Waals surface area (Å²) in [6.45, 7) is 11.8. The Kier molecular flexibility index (Phi) is 12.5. The molecule has 0 saturated heterocycles. The van der Waals surface area contributed by atoms with E-state index in [1.165, 1.54) is 25.7 Å². The predicted molar refractivity (Wildman–Crippen MR) is 113 cm³/mol. The minimum absolute atomic E-state index is 0. The van der Waals surface area contributed by atoms with Crippen LogP contribution in [0.15, 0.2) is 4.99 Å². The molecular weight excluding hydrogens is 415 g/mol. The highest BCUT2D eigenvalue weighted by atomic mass is 127. The lowest BCUT2D eigenvalue weighted by Gasteiger charge is -2.42. The lowest BCUT2D eigenvalue weighted by molar-refractivity contribution is -0.120. The van der Waals surface area contributed by atoms with Gasteiger partial charge in [-0.3, -0.25) is 9.79 Å². The molecule has 0 atom stereocenters. The van der Waals surface area contributed by atoms with E-state index in [2.05, 4.69) is 43.6 Å². The minimum atomic E-state index is 0. The molecule has 0 radical (unpaired) electrons. The molecule has 0 aliphatic heterocycles. The zero-order chi connectivity index (χ0) is 17.1. The second kappa shape index (κ2) is 12.8. The Morgan fingerprint density at radius 2 is 1.83 bits per heavy atom. The maximum Gasteiger partial charge on any atom is 0.221 e. The third kappa shape index (κ3) is 9.08. The van der Waals surface area contributed by atoms with Crippen LogP contribution in [0.25, 0.3) is 0 Å². The van der Waals surface area contributed by atoms with Crippen LogP contribution in [0.2, 0.25) is 0 Å². The first-order valence-electron chi connectivity index (χ1n) is 9.30. The topological polar surface area (TPSA) is 65.5 Å². The van der Waals surface area contributed by atoms with Crippen molar-refractivity contribution in [1.29, 1.82) is 0 Å². The molecule has 1 aliphatic carbocycles. The second-order valence-corrected chi connectivity index (χ2v) is 7.17. The quantitative estimate of drug-likeness (QED) is 0.271. The number of halogens is 1. The summed E-state index contributed by atoms with van der Waals surface area (Å²) in [5.74, 6) is 1.67. The number of carbonyl (C=O) groups excluding carboxylic acids is 1. The van der Waals surface area contributed by atoms with E-state index in [0.29, 0.717) is 18.4 Å². The number of nitrogens with one attached hydrogen (secondary N) is 3. The molecule has 0 aromatic rings. The number of nitrogens with zero attached hydrogens (tertiary/aromatic N) is 1. The van der Waals surface area contributed by atoms with Gasteiger partial charge in [0.2, 0.25) is 5.91 Å². The van der Waals surface area contributed by atoms with Crippen LogP contribution in [-0.4, -0.2) is 38.0 Å². The lowest BCUT2D eigenvalue weighted by atomic mass is 9.64. The van der Waals surface area contributed by atoms with Crippen molar-refractivity contribution in [2.75, 3.05) is 26.2 Å². The fourth-order valence-corrected chi connectivity index (χ4v) is 3.21. The van der Waals surface area contributed by atoms with E-state index in [1.807, 2.05) is 0 Å². The SMILES string of the molecule is CCCNC(=O)CCNC(=NCC1(CC(C)C)CCC1)NCC.I. The molecule has 6 heteroatoms. The van der Waals surface area contributed by atoms with Gasteiger partial charge in [-0.1, -0.05) is 27.2 Å². The summed E-state index contributed by atoms with van der Waals surface area (Å²) < 4.78 is 0. The number of rotatable bonds is 10. The average molecular weight is 452 g/mol. The van der Waals surface area contributed by atoms with E-state index in [4.69, 9.17) is 4.99 Å². The van der Waals surface area contributed by atoms with Gasteiger partial charge in [-0.25, -0.2) is 0 Å². The van der Waals surface area contributed by atoms with Crippen molar-refractivity contribution in [3.05, 3.63) is 0 Å². The van der Waals surface area contributed by atoms with Crippen molar-refractivity contribution in [2.24, 2.45) is 16.3 Å². The molecule has 0 unspecified atom stereocenters. The smallest absolute Gasteiger partial charge is 0.221 e. The fourth-order valence-electron chi connectivity index (χ4n) is 3.21. The van der Waals surface area contributed by atoms with Crippen molar-refractivity contribution >= 4 is 35.8 Å². The Morgan fingerprint density at radius 1 is 1.12 bits per heavy atom. The van der Waals surface area contributed by atoms with Gasteiger partial charge in [0, 0.05) is 32.6 Å². The third-order valence-electron chi connectivity index (χ3n) is 4.39. The molecule has 1 aliphatic rings. The Morgan fingerprint density at radius 3 is 2.33 bits per heavy atom. The zero-order valence-electron chi connectivity index (χ0n) is 15.9. The zero-order valence-corrected chi connectivity index (χ0v) is 18.2. The van der Waals surface area contributed by atoms with Crippen molar-refractivity contribution in [3.8, 4) is 0 Å². The van der Waals surface area contributed by atoms with Gasteiger partial charge in [0.25, 0.3) is 0 Å². The van der Waals surface area contributed by atoms with Crippen molar-refractivity contribution in [1.82, 2.24) is 16.0 Å². The number of hydrogen-bond donors (Lipinski definition) is 3. The number of amides is 1. The van der Waals surface area contributed by atoms with Gasteiger partial charge in [-0.05, 0) is 43.9 Å². The number of guanidine groups is 1. The summed E-state index contributed by atoms with van der Waals surface area (Å²) in [5, 5.41) is 9.46. The maximum atomic E-state index is 11.6. The second-order valence-electron chi connectivity index (χ2n) is 7.17. The minimum Gasteiger partial charge on any atom is -0.357 e. The molecule has 0 heterocycles. The Balaban J connectivity index is 0.00000529. The van der Waals surface area contributed by atoms with Crippen LogP contribution in [0.4, 0.5) is 0 Å². The van der Waals surface area contributed by atoms with Crippen LogP contribution in [0, 0.1) is 11.3 Å². The predicted octanol–water partition coefficient (Wildman–Crippen LogP) is 3.29. The van der Waals surface area contributed by atoms with Gasteiger partial charge in [0.1, 0.15) is 0 Å². The van der Waals surface area contributed by atoms with E-state index < -0.39 is 0 Å². The summed E-state index contributed by atoms with van der Waals surface area (Å²) in [6.07, 6.45) is 6.66. The van der Waals surface area contributed by atoms with E-state index in [-0.39, 0.29) is 29.9 Å². The Labute approximate surface area is 165 Å². The first-order chi connectivity index (χ1) is 11.0. The number of aliphatic imine (C=N–C) groups is 1. The average Bonchev–Trinajstić information content (AvgIpc) is 2.47. The molecule has 0 aromatic heterocycles. The monoisotopic (exact) mass is 452 g/mol. The van der Waals surface area contributed by atoms with Crippen LogP contribution in [0.3, 0.4) is 0 Å². The molecule has 24 heavy (non-hydrogen) atoms. The van der Waals surface area contributed by atoms with Crippen LogP contribution in [0.1, 0.15) is 66.2 Å². The van der Waals surface area contributed by atoms with E-state index in [1.54, 1.807) is 0 Å². The molecule has 0 bridgehead atoms. The Hall–Kier alpha value is -0.530. The molecule has 5 nitrogen and oxygen atoms in total. The fraction of sp³-hybridized carbons (Fsp3) is 0.889. The molecule has 0 aromatic carbocycles. The molecule has 142 valence electrons. The normalized spacial score (nSPS) is 16.1. The summed E-state index contributed by atoms with van der Waals surface area (Å²) in [5.41, 5.74) is 0.412. The van der Waals surface area contributed by atoms with Crippen molar-refractivity contribution < 1.29 is 4.79 Å². The van der Waals surface area contributed by atoms with Gasteiger partial charge in [0.05, 0.1) is 0 Å². The Bertz CT molecular complexity index is 381. The molecule has 1 rings (SSSR count). The van der Waals surface area contributed by atoms with E-state index in [0.717, 1.165) is 37.9 Å². The molecule has 1 fully saturated rings. The van der Waals surface area contributed by atoms with Crippen molar-refractivity contribution in [2.45, 2.75) is 66.2 Å². The highest BCUT2D eigenvalue weighted by Crippen LogP contribution is 2.46. The van der Waals surface area contributed by atoms with E-state index in [9.17, 15) is 4.79 Å². The third-order valence-corrected chi connectivity index (χ3v) is 4.39. The summed E-state index contributed by atoms with van der Waals surface area (Å²) in [6, 6.07) is 0. The summed E-state index contributed by atoms with van der Waals surface area (Å²) in [4.78, 5) is 16.4.